The van der Waals surface area contributed by atoms with Crippen LogP contribution >= 0.6 is 11.6 Å². The average Bonchev–Trinajstić information content (AvgIpc) is 2.26. The van der Waals surface area contributed by atoms with Crippen LogP contribution in [0.4, 0.5) is 13.2 Å². The number of amides is 1. The lowest BCUT2D eigenvalue weighted by Gasteiger charge is -2.09. The molecule has 0 aliphatic carbocycles. The van der Waals surface area contributed by atoms with E-state index < -0.39 is 18.7 Å². The highest BCUT2D eigenvalue weighted by Crippen LogP contribution is 2.14. The van der Waals surface area contributed by atoms with Crippen LogP contribution in [0.15, 0.2) is 12.1 Å². The fourth-order valence-corrected chi connectivity index (χ4v) is 1.33. The molecule has 1 N–H and O–H groups in total. The monoisotopic (exact) mass is 282 g/mol. The number of aryl methyl sites for hydroxylation is 1. The summed E-state index contributed by atoms with van der Waals surface area (Å²) in [6.07, 6.45) is -3.96. The van der Waals surface area contributed by atoms with Crippen molar-refractivity contribution in [2.45, 2.75) is 19.5 Å². The first kappa shape index (κ1) is 14.7. The van der Waals surface area contributed by atoms with E-state index in [0.717, 1.165) is 0 Å². The van der Waals surface area contributed by atoms with Crippen molar-refractivity contribution in [2.24, 2.45) is 0 Å². The Hall–Kier alpha value is -1.34. The number of aromatic nitrogens is 1. The van der Waals surface area contributed by atoms with Crippen LogP contribution in [0.2, 0.25) is 5.15 Å². The van der Waals surface area contributed by atoms with Gasteiger partial charge in [-0.15, -0.1) is 0 Å². The predicted octanol–water partition coefficient (Wildman–Crippen LogP) is 2.52. The smallest absolute Gasteiger partial charge is 0.267 e. The molecular formula is C10H10ClF3N2O2. The summed E-state index contributed by atoms with van der Waals surface area (Å²) in [5, 5.41) is 0.0929. The van der Waals surface area contributed by atoms with E-state index in [1.54, 1.807) is 12.4 Å². The van der Waals surface area contributed by atoms with Gasteiger partial charge in [0.1, 0.15) is 5.15 Å². The summed E-state index contributed by atoms with van der Waals surface area (Å²) >= 11 is 5.67. The normalized spacial score (nSPS) is 11.4. The van der Waals surface area contributed by atoms with Gasteiger partial charge in [0, 0.05) is 11.3 Å². The maximum absolute atomic E-state index is 11.8. The lowest BCUT2D eigenvalue weighted by molar-refractivity contribution is -0.184. The summed E-state index contributed by atoms with van der Waals surface area (Å²) in [6.45, 7) is 0.249. The number of hydroxylamine groups is 1. The van der Waals surface area contributed by atoms with Crippen molar-refractivity contribution in [1.29, 1.82) is 0 Å². The minimum Gasteiger partial charge on any atom is -0.267 e. The number of hydrogen-bond donors (Lipinski definition) is 1. The van der Waals surface area contributed by atoms with Crippen molar-refractivity contribution in [1.82, 2.24) is 10.5 Å². The number of nitrogens with zero attached hydrogens (tertiary/aromatic N) is 1. The molecule has 0 bridgehead atoms. The molecule has 18 heavy (non-hydrogen) atoms. The number of rotatable bonds is 4. The zero-order chi connectivity index (χ0) is 13.8. The fourth-order valence-electron chi connectivity index (χ4n) is 1.11. The van der Waals surface area contributed by atoms with Crippen LogP contribution in [0.1, 0.15) is 23.0 Å². The molecule has 4 nitrogen and oxygen atoms in total. The summed E-state index contributed by atoms with van der Waals surface area (Å²) in [5.41, 5.74) is 2.34. The summed E-state index contributed by atoms with van der Waals surface area (Å²) in [7, 11) is 0. The molecule has 1 aromatic rings. The number of pyridine rings is 1. The van der Waals surface area contributed by atoms with Gasteiger partial charge in [-0.2, -0.15) is 13.2 Å². The molecule has 1 heterocycles. The molecule has 1 amide bonds. The van der Waals surface area contributed by atoms with E-state index in [1.165, 1.54) is 12.1 Å². The molecule has 0 aliphatic heterocycles. The van der Waals surface area contributed by atoms with Gasteiger partial charge in [0.15, 0.2) is 6.61 Å². The van der Waals surface area contributed by atoms with Crippen molar-refractivity contribution < 1.29 is 22.8 Å². The van der Waals surface area contributed by atoms with Gasteiger partial charge in [-0.25, -0.2) is 10.5 Å². The van der Waals surface area contributed by atoms with Gasteiger partial charge >= 0.3 is 6.18 Å². The lowest BCUT2D eigenvalue weighted by Crippen LogP contribution is -2.29. The number of alkyl halides is 3. The summed E-state index contributed by atoms with van der Waals surface area (Å²) < 4.78 is 35.4. The second-order valence-corrected chi connectivity index (χ2v) is 3.75. The van der Waals surface area contributed by atoms with E-state index in [0.29, 0.717) is 12.1 Å². The highest BCUT2D eigenvalue weighted by molar-refractivity contribution is 6.29. The highest BCUT2D eigenvalue weighted by Gasteiger charge is 2.28. The van der Waals surface area contributed by atoms with E-state index in [4.69, 9.17) is 11.6 Å². The molecule has 0 unspecified atom stereocenters. The van der Waals surface area contributed by atoms with Gasteiger partial charge in [0.25, 0.3) is 5.91 Å². The Bertz CT molecular complexity index is 438. The zero-order valence-corrected chi connectivity index (χ0v) is 10.1. The maximum Gasteiger partial charge on any atom is 0.414 e. The van der Waals surface area contributed by atoms with Crippen molar-refractivity contribution in [3.63, 3.8) is 0 Å². The molecule has 0 aliphatic rings. The Morgan fingerprint density at radius 1 is 1.50 bits per heavy atom. The maximum atomic E-state index is 11.8. The number of hydrogen-bond acceptors (Lipinski definition) is 3. The molecular weight excluding hydrogens is 273 g/mol. The van der Waals surface area contributed by atoms with Gasteiger partial charge < -0.3 is 0 Å². The van der Waals surface area contributed by atoms with Gasteiger partial charge in [-0.1, -0.05) is 18.5 Å². The Balaban J connectivity index is 2.64. The van der Waals surface area contributed by atoms with Crippen LogP contribution in [0, 0.1) is 0 Å². The van der Waals surface area contributed by atoms with Crippen molar-refractivity contribution in [3.05, 3.63) is 28.5 Å². The van der Waals surface area contributed by atoms with Crippen molar-refractivity contribution in [3.8, 4) is 0 Å². The summed E-state index contributed by atoms with van der Waals surface area (Å²) in [5.74, 6) is -0.807. The van der Waals surface area contributed by atoms with Crippen LogP contribution < -0.4 is 5.48 Å². The Morgan fingerprint density at radius 3 is 2.72 bits per heavy atom. The minimum absolute atomic E-state index is 0.0917. The van der Waals surface area contributed by atoms with E-state index in [2.05, 4.69) is 9.82 Å². The molecule has 1 rings (SSSR count). The molecule has 8 heteroatoms. The molecule has 100 valence electrons. The highest BCUT2D eigenvalue weighted by atomic mass is 35.5. The van der Waals surface area contributed by atoms with Crippen LogP contribution in [-0.4, -0.2) is 23.7 Å². The molecule has 0 fully saturated rings. The SMILES string of the molecule is CCc1cc(C(=O)NOCC(F)(F)F)cc(Cl)n1. The Kier molecular flexibility index (Phi) is 4.92. The molecule has 0 atom stereocenters. The molecule has 0 aromatic carbocycles. The van der Waals surface area contributed by atoms with Gasteiger partial charge in [0.2, 0.25) is 0 Å². The third-order valence-corrected chi connectivity index (χ3v) is 2.07. The van der Waals surface area contributed by atoms with Gasteiger partial charge in [-0.05, 0) is 18.6 Å². The van der Waals surface area contributed by atoms with Crippen molar-refractivity contribution >= 4 is 17.5 Å². The number of nitrogens with one attached hydrogen (secondary N) is 1. The standard InChI is InChI=1S/C10H10ClF3N2O2/c1-2-7-3-6(4-8(11)15-7)9(17)16-18-5-10(12,13)14/h3-4H,2,5H2,1H3,(H,16,17). The molecule has 0 radical (unpaired) electrons. The first-order valence-corrected chi connectivity index (χ1v) is 5.35. The third-order valence-electron chi connectivity index (χ3n) is 1.87. The molecule has 0 spiro atoms. The van der Waals surface area contributed by atoms with Gasteiger partial charge in [0.05, 0.1) is 0 Å². The number of carbonyl (C=O) groups excluding carboxylic acids is 1. The van der Waals surface area contributed by atoms with Crippen molar-refractivity contribution in [2.75, 3.05) is 6.61 Å². The van der Waals surface area contributed by atoms with Crippen LogP contribution in [-0.2, 0) is 11.3 Å². The van der Waals surface area contributed by atoms with E-state index in [9.17, 15) is 18.0 Å². The zero-order valence-electron chi connectivity index (χ0n) is 9.34. The summed E-state index contributed by atoms with van der Waals surface area (Å²) in [4.78, 5) is 19.4. The Labute approximate surface area is 106 Å². The molecule has 0 saturated heterocycles. The quantitative estimate of drug-likeness (QED) is 0.682. The van der Waals surface area contributed by atoms with Gasteiger partial charge in [-0.3, -0.25) is 9.63 Å². The average molecular weight is 283 g/mol. The largest absolute Gasteiger partial charge is 0.414 e. The minimum atomic E-state index is -4.50. The molecule has 0 saturated carbocycles. The van der Waals surface area contributed by atoms with Crippen LogP contribution in [0.5, 0.6) is 0 Å². The first-order chi connectivity index (χ1) is 8.31. The summed E-state index contributed by atoms with van der Waals surface area (Å²) in [6, 6.07) is 2.67. The Morgan fingerprint density at radius 2 is 2.17 bits per heavy atom. The second-order valence-electron chi connectivity index (χ2n) is 3.36. The predicted molar refractivity (Wildman–Crippen MR) is 58.1 cm³/mol. The first-order valence-electron chi connectivity index (χ1n) is 4.97. The lowest BCUT2D eigenvalue weighted by atomic mass is 10.2. The number of carbonyl (C=O) groups is 1. The second kappa shape index (κ2) is 6.01. The fraction of sp³-hybridized carbons (Fsp3) is 0.400. The van der Waals surface area contributed by atoms with E-state index >= 15 is 0 Å². The van der Waals surface area contributed by atoms with E-state index in [-0.39, 0.29) is 10.7 Å². The number of halogens is 4. The third kappa shape index (κ3) is 4.89. The molecule has 1 aromatic heterocycles. The van der Waals surface area contributed by atoms with E-state index in [1.807, 2.05) is 0 Å². The topological polar surface area (TPSA) is 51.2 Å². The van der Waals surface area contributed by atoms with Crippen LogP contribution in [0.25, 0.3) is 0 Å². The van der Waals surface area contributed by atoms with Crippen LogP contribution in [0.3, 0.4) is 0 Å².